The Morgan fingerprint density at radius 2 is 1.87 bits per heavy atom. The van der Waals surface area contributed by atoms with Crippen LogP contribution in [-0.4, -0.2) is 5.91 Å². The molecule has 0 atom stereocenters. The second-order valence-corrected chi connectivity index (χ2v) is 4.75. The van der Waals surface area contributed by atoms with Crippen LogP contribution in [0.2, 0.25) is 0 Å². The van der Waals surface area contributed by atoms with Crippen LogP contribution >= 0.6 is 0 Å². The van der Waals surface area contributed by atoms with Crippen LogP contribution in [0.15, 0.2) is 30.3 Å². The Labute approximate surface area is 90.7 Å². The van der Waals surface area contributed by atoms with E-state index in [0.29, 0.717) is 0 Å². The summed E-state index contributed by atoms with van der Waals surface area (Å²) >= 11 is 0. The quantitative estimate of drug-likeness (QED) is 0.803. The molecule has 15 heavy (non-hydrogen) atoms. The van der Waals surface area contributed by atoms with E-state index in [0.717, 1.165) is 18.4 Å². The molecule has 1 aliphatic carbocycles. The van der Waals surface area contributed by atoms with E-state index in [4.69, 9.17) is 0 Å². The average molecular weight is 203 g/mol. The van der Waals surface area contributed by atoms with Crippen molar-refractivity contribution in [2.75, 3.05) is 0 Å². The molecule has 0 radical (unpaired) electrons. The average Bonchev–Trinajstić information content (AvgIpc) is 3.01. The first-order valence-corrected chi connectivity index (χ1v) is 5.47. The van der Waals surface area contributed by atoms with Gasteiger partial charge in [0, 0.05) is 5.92 Å². The summed E-state index contributed by atoms with van der Waals surface area (Å²) < 4.78 is 0. The molecule has 0 aliphatic heterocycles. The fourth-order valence-corrected chi connectivity index (χ4v) is 1.68. The maximum absolute atomic E-state index is 11.7. The lowest BCUT2D eigenvalue weighted by molar-refractivity contribution is -0.124. The maximum Gasteiger partial charge on any atom is 0.223 e. The van der Waals surface area contributed by atoms with Gasteiger partial charge in [0.2, 0.25) is 5.91 Å². The Bertz CT molecular complexity index is 352. The highest BCUT2D eigenvalue weighted by Crippen LogP contribution is 2.30. The molecule has 1 amide bonds. The van der Waals surface area contributed by atoms with E-state index in [1.54, 1.807) is 0 Å². The van der Waals surface area contributed by atoms with Gasteiger partial charge in [-0.05, 0) is 32.3 Å². The van der Waals surface area contributed by atoms with Crippen molar-refractivity contribution >= 4 is 5.91 Å². The Kier molecular flexibility index (Phi) is 2.51. The van der Waals surface area contributed by atoms with Gasteiger partial charge < -0.3 is 5.32 Å². The molecule has 80 valence electrons. The van der Waals surface area contributed by atoms with Crippen molar-refractivity contribution in [1.82, 2.24) is 5.32 Å². The lowest BCUT2D eigenvalue weighted by atomic mass is 9.94. The van der Waals surface area contributed by atoms with Gasteiger partial charge in [-0.2, -0.15) is 0 Å². The zero-order valence-corrected chi connectivity index (χ0v) is 9.29. The number of carbonyl (C=O) groups excluding carboxylic acids is 1. The molecule has 1 aromatic rings. The minimum absolute atomic E-state index is 0.198. The van der Waals surface area contributed by atoms with Crippen molar-refractivity contribution < 1.29 is 4.79 Å². The summed E-state index contributed by atoms with van der Waals surface area (Å²) in [6, 6.07) is 10.1. The van der Waals surface area contributed by atoms with E-state index in [2.05, 4.69) is 5.32 Å². The topological polar surface area (TPSA) is 29.1 Å². The van der Waals surface area contributed by atoms with Gasteiger partial charge in [-0.1, -0.05) is 30.3 Å². The summed E-state index contributed by atoms with van der Waals surface area (Å²) in [7, 11) is 0. The second kappa shape index (κ2) is 3.69. The summed E-state index contributed by atoms with van der Waals surface area (Å²) in [5.74, 6) is 0.469. The molecule has 0 saturated heterocycles. The van der Waals surface area contributed by atoms with E-state index in [1.165, 1.54) is 0 Å². The van der Waals surface area contributed by atoms with Gasteiger partial charge in [0.1, 0.15) is 0 Å². The van der Waals surface area contributed by atoms with Crippen LogP contribution in [0.3, 0.4) is 0 Å². The van der Waals surface area contributed by atoms with Gasteiger partial charge in [-0.15, -0.1) is 0 Å². The smallest absolute Gasteiger partial charge is 0.223 e. The first-order valence-electron chi connectivity index (χ1n) is 5.47. The minimum atomic E-state index is -0.263. The normalized spacial score (nSPS) is 16.1. The number of hydrogen-bond donors (Lipinski definition) is 1. The molecular formula is C13H17NO. The van der Waals surface area contributed by atoms with Gasteiger partial charge >= 0.3 is 0 Å². The third-order valence-electron chi connectivity index (χ3n) is 2.88. The van der Waals surface area contributed by atoms with Crippen molar-refractivity contribution in [3.63, 3.8) is 0 Å². The summed E-state index contributed by atoms with van der Waals surface area (Å²) in [5, 5.41) is 3.10. The SMILES string of the molecule is CC(C)(NC(=O)C1CC1)c1ccccc1. The van der Waals surface area contributed by atoms with Crippen molar-refractivity contribution in [3.8, 4) is 0 Å². The predicted molar refractivity (Wildman–Crippen MR) is 60.3 cm³/mol. The van der Waals surface area contributed by atoms with Gasteiger partial charge in [0.25, 0.3) is 0 Å². The first kappa shape index (κ1) is 10.2. The summed E-state index contributed by atoms with van der Waals surface area (Å²) in [6.07, 6.45) is 2.10. The van der Waals surface area contributed by atoms with E-state index < -0.39 is 0 Å². The van der Waals surface area contributed by atoms with Gasteiger partial charge in [-0.3, -0.25) is 4.79 Å². The van der Waals surface area contributed by atoms with Crippen molar-refractivity contribution in [3.05, 3.63) is 35.9 Å². The van der Waals surface area contributed by atoms with Crippen LogP contribution in [0.1, 0.15) is 32.3 Å². The van der Waals surface area contributed by atoms with Crippen molar-refractivity contribution in [2.45, 2.75) is 32.2 Å². The molecule has 1 fully saturated rings. The Morgan fingerprint density at radius 1 is 1.27 bits per heavy atom. The highest BCUT2D eigenvalue weighted by atomic mass is 16.2. The van der Waals surface area contributed by atoms with Crippen molar-refractivity contribution in [1.29, 1.82) is 0 Å². The third-order valence-corrected chi connectivity index (χ3v) is 2.88. The fourth-order valence-electron chi connectivity index (χ4n) is 1.68. The van der Waals surface area contributed by atoms with E-state index in [1.807, 2.05) is 44.2 Å². The number of amides is 1. The zero-order chi connectivity index (χ0) is 10.9. The van der Waals surface area contributed by atoms with Gasteiger partial charge in [-0.25, -0.2) is 0 Å². The molecule has 1 aromatic carbocycles. The van der Waals surface area contributed by atoms with Crippen LogP contribution in [0.5, 0.6) is 0 Å². The highest BCUT2D eigenvalue weighted by molar-refractivity contribution is 5.81. The molecule has 1 saturated carbocycles. The molecular weight excluding hydrogens is 186 g/mol. The molecule has 2 rings (SSSR count). The lowest BCUT2D eigenvalue weighted by Gasteiger charge is -2.27. The van der Waals surface area contributed by atoms with Crippen LogP contribution in [0.4, 0.5) is 0 Å². The first-order chi connectivity index (χ1) is 7.09. The number of hydrogen-bond acceptors (Lipinski definition) is 1. The molecule has 0 bridgehead atoms. The summed E-state index contributed by atoms with van der Waals surface area (Å²) in [6.45, 7) is 4.09. The maximum atomic E-state index is 11.7. The van der Waals surface area contributed by atoms with Gasteiger partial charge in [0.15, 0.2) is 0 Å². The number of carbonyl (C=O) groups is 1. The minimum Gasteiger partial charge on any atom is -0.347 e. The van der Waals surface area contributed by atoms with Crippen LogP contribution in [0, 0.1) is 5.92 Å². The van der Waals surface area contributed by atoms with Crippen LogP contribution in [0.25, 0.3) is 0 Å². The Balaban J connectivity index is 2.08. The molecule has 2 heteroatoms. The molecule has 1 N–H and O–H groups in total. The van der Waals surface area contributed by atoms with Crippen LogP contribution in [-0.2, 0) is 10.3 Å². The fraction of sp³-hybridized carbons (Fsp3) is 0.462. The predicted octanol–water partition coefficient (Wildman–Crippen LogP) is 2.45. The Morgan fingerprint density at radius 3 is 2.40 bits per heavy atom. The van der Waals surface area contributed by atoms with E-state index >= 15 is 0 Å². The lowest BCUT2D eigenvalue weighted by Crippen LogP contribution is -2.41. The molecule has 2 nitrogen and oxygen atoms in total. The standard InChI is InChI=1S/C13H17NO/c1-13(2,11-6-4-3-5-7-11)14-12(15)10-8-9-10/h3-7,10H,8-9H2,1-2H3,(H,14,15). The number of rotatable bonds is 3. The van der Waals surface area contributed by atoms with E-state index in [9.17, 15) is 4.79 Å². The second-order valence-electron chi connectivity index (χ2n) is 4.75. The monoisotopic (exact) mass is 203 g/mol. The molecule has 1 aliphatic rings. The largest absolute Gasteiger partial charge is 0.347 e. The molecule has 0 unspecified atom stereocenters. The molecule has 0 spiro atoms. The van der Waals surface area contributed by atoms with E-state index in [-0.39, 0.29) is 17.4 Å². The number of nitrogens with one attached hydrogen (secondary N) is 1. The molecule has 0 heterocycles. The van der Waals surface area contributed by atoms with Crippen LogP contribution < -0.4 is 5.32 Å². The Hall–Kier alpha value is -1.31. The number of benzene rings is 1. The van der Waals surface area contributed by atoms with Crippen molar-refractivity contribution in [2.24, 2.45) is 5.92 Å². The zero-order valence-electron chi connectivity index (χ0n) is 9.29. The highest BCUT2D eigenvalue weighted by Gasteiger charge is 2.33. The third kappa shape index (κ3) is 2.38. The molecule has 0 aromatic heterocycles. The summed E-state index contributed by atoms with van der Waals surface area (Å²) in [4.78, 5) is 11.7. The summed E-state index contributed by atoms with van der Waals surface area (Å²) in [5.41, 5.74) is 0.889. The van der Waals surface area contributed by atoms with Gasteiger partial charge in [0.05, 0.1) is 5.54 Å².